The Kier molecular flexibility index (Phi) is 5.26. The molecular weight excluding hydrogens is 322 g/mol. The number of carbonyl (C=O) groups is 1. The molecule has 0 saturated carbocycles. The van der Waals surface area contributed by atoms with Crippen LogP contribution in [-0.4, -0.2) is 23.1 Å². The molecule has 0 aliphatic heterocycles. The maximum Gasteiger partial charge on any atom is 0.168 e. The first kappa shape index (κ1) is 18.4. The number of allylic oxidation sites excluding steroid dienone is 2. The molecule has 1 N–H and O–H groups in total. The van der Waals surface area contributed by atoms with Crippen LogP contribution < -0.4 is 0 Å². The number of nitrogens with zero attached hydrogens (tertiary/aromatic N) is 1. The van der Waals surface area contributed by atoms with Crippen molar-refractivity contribution >= 4 is 22.3 Å². The Morgan fingerprint density at radius 1 is 1.12 bits per heavy atom. The van der Waals surface area contributed by atoms with E-state index in [0.29, 0.717) is 31.4 Å². The predicted octanol–water partition coefficient (Wildman–Crippen LogP) is 5.43. The molecule has 2 aromatic rings. The topological polar surface area (TPSA) is 49.7 Å². The highest BCUT2D eigenvalue weighted by Gasteiger charge is 2.35. The van der Waals surface area contributed by atoms with Crippen LogP contribution in [0.1, 0.15) is 45.6 Å². The number of aliphatic imine (C=N–C) groups is 1. The van der Waals surface area contributed by atoms with Crippen molar-refractivity contribution in [3.63, 3.8) is 0 Å². The molecule has 0 unspecified atom stereocenters. The van der Waals surface area contributed by atoms with Crippen LogP contribution in [-0.2, 0) is 11.2 Å². The third-order valence-corrected chi connectivity index (χ3v) is 4.91. The van der Waals surface area contributed by atoms with Crippen molar-refractivity contribution in [3.05, 3.63) is 59.4 Å². The lowest BCUT2D eigenvalue weighted by Gasteiger charge is -2.30. The molecular formula is C23H27NO2. The fourth-order valence-corrected chi connectivity index (χ4v) is 3.71. The van der Waals surface area contributed by atoms with E-state index < -0.39 is 0 Å². The van der Waals surface area contributed by atoms with Crippen molar-refractivity contribution in [2.24, 2.45) is 10.4 Å². The van der Waals surface area contributed by atoms with Crippen molar-refractivity contribution < 1.29 is 9.90 Å². The number of Topliss-reactive ketones (excluding diaryl/α,β-unsaturated/α-hetero) is 1. The lowest BCUT2D eigenvalue weighted by atomic mass is 9.75. The van der Waals surface area contributed by atoms with E-state index in [-0.39, 0.29) is 17.0 Å². The van der Waals surface area contributed by atoms with Gasteiger partial charge in [0.05, 0.1) is 11.3 Å². The Balaban J connectivity index is 2.03. The quantitative estimate of drug-likeness (QED) is 0.731. The van der Waals surface area contributed by atoms with Crippen molar-refractivity contribution in [1.29, 1.82) is 0 Å². The van der Waals surface area contributed by atoms with Crippen molar-refractivity contribution in [2.45, 2.75) is 46.5 Å². The number of hydrogen-bond acceptors (Lipinski definition) is 3. The average molecular weight is 349 g/mol. The van der Waals surface area contributed by atoms with Gasteiger partial charge in [0.2, 0.25) is 0 Å². The van der Waals surface area contributed by atoms with Gasteiger partial charge in [0, 0.05) is 25.8 Å². The summed E-state index contributed by atoms with van der Waals surface area (Å²) in [5, 5.41) is 13.0. The van der Waals surface area contributed by atoms with Crippen LogP contribution in [0, 0.1) is 5.41 Å². The van der Waals surface area contributed by atoms with Gasteiger partial charge in [-0.05, 0) is 28.2 Å². The summed E-state index contributed by atoms with van der Waals surface area (Å²) in [6, 6.07) is 14.5. The van der Waals surface area contributed by atoms with E-state index in [4.69, 9.17) is 4.99 Å². The van der Waals surface area contributed by atoms with E-state index in [9.17, 15) is 9.90 Å². The second kappa shape index (κ2) is 7.45. The van der Waals surface area contributed by atoms with Gasteiger partial charge in [0.25, 0.3) is 0 Å². The summed E-state index contributed by atoms with van der Waals surface area (Å²) < 4.78 is 0. The highest BCUT2D eigenvalue weighted by molar-refractivity contribution is 6.24. The van der Waals surface area contributed by atoms with Crippen LogP contribution in [0.4, 0.5) is 0 Å². The van der Waals surface area contributed by atoms with Gasteiger partial charge in [-0.25, -0.2) is 0 Å². The molecule has 3 rings (SSSR count). The maximum absolute atomic E-state index is 12.8. The standard InChI is InChI=1S/C23H27NO2/c1-4-12-24-19(22-20(25)14-23(2,3)15-21(22)26)13-17-10-7-9-16-8-5-6-11-18(16)17/h5-11,25H,4,12-15H2,1-3H3. The number of ketones is 1. The van der Waals surface area contributed by atoms with Gasteiger partial charge in [-0.1, -0.05) is 63.2 Å². The first-order chi connectivity index (χ1) is 12.4. The normalized spacial score (nSPS) is 17.8. The average Bonchev–Trinajstić information content (AvgIpc) is 2.58. The van der Waals surface area contributed by atoms with Crippen LogP contribution in [0.25, 0.3) is 10.8 Å². The van der Waals surface area contributed by atoms with Crippen molar-refractivity contribution in [2.75, 3.05) is 6.54 Å². The Labute approximate surface area is 155 Å². The minimum atomic E-state index is -0.194. The lowest BCUT2D eigenvalue weighted by molar-refractivity contribution is -0.117. The molecule has 0 amide bonds. The highest BCUT2D eigenvalue weighted by Crippen LogP contribution is 2.36. The SMILES string of the molecule is CCCN=C(Cc1cccc2ccccc12)C1=C(O)CC(C)(C)CC1=O. The van der Waals surface area contributed by atoms with Crippen molar-refractivity contribution in [3.8, 4) is 0 Å². The first-order valence-corrected chi connectivity index (χ1v) is 9.37. The predicted molar refractivity (Wildman–Crippen MR) is 108 cm³/mol. The van der Waals surface area contributed by atoms with Gasteiger partial charge in [-0.2, -0.15) is 0 Å². The van der Waals surface area contributed by atoms with Gasteiger partial charge in [-0.15, -0.1) is 0 Å². The van der Waals surface area contributed by atoms with Crippen LogP contribution in [0.2, 0.25) is 0 Å². The minimum Gasteiger partial charge on any atom is -0.511 e. The van der Waals surface area contributed by atoms with Gasteiger partial charge >= 0.3 is 0 Å². The largest absolute Gasteiger partial charge is 0.511 e. The zero-order valence-electron chi connectivity index (χ0n) is 15.9. The molecule has 0 bridgehead atoms. The number of aliphatic hydroxyl groups is 1. The lowest BCUT2D eigenvalue weighted by Crippen LogP contribution is -2.30. The maximum atomic E-state index is 12.8. The van der Waals surface area contributed by atoms with Crippen LogP contribution in [0.15, 0.2) is 58.8 Å². The molecule has 0 heterocycles. The minimum absolute atomic E-state index is 0.00818. The van der Waals surface area contributed by atoms with Crippen molar-refractivity contribution in [1.82, 2.24) is 0 Å². The zero-order chi connectivity index (χ0) is 18.7. The molecule has 1 aliphatic carbocycles. The van der Waals surface area contributed by atoms with E-state index in [0.717, 1.165) is 17.7 Å². The Morgan fingerprint density at radius 3 is 2.58 bits per heavy atom. The smallest absolute Gasteiger partial charge is 0.168 e. The molecule has 0 radical (unpaired) electrons. The molecule has 0 spiro atoms. The molecule has 0 fully saturated rings. The summed E-state index contributed by atoms with van der Waals surface area (Å²) in [4.78, 5) is 17.5. The molecule has 0 atom stereocenters. The molecule has 2 aromatic carbocycles. The second-order valence-electron chi connectivity index (χ2n) is 7.91. The molecule has 3 nitrogen and oxygen atoms in total. The number of aliphatic hydroxyl groups excluding tert-OH is 1. The van der Waals surface area contributed by atoms with Crippen LogP contribution >= 0.6 is 0 Å². The third kappa shape index (κ3) is 3.87. The Morgan fingerprint density at radius 2 is 1.85 bits per heavy atom. The van der Waals surface area contributed by atoms with Crippen LogP contribution in [0.3, 0.4) is 0 Å². The van der Waals surface area contributed by atoms with Crippen LogP contribution in [0.5, 0.6) is 0 Å². The van der Waals surface area contributed by atoms with E-state index in [1.807, 2.05) is 32.0 Å². The van der Waals surface area contributed by atoms with Gasteiger partial charge in [0.1, 0.15) is 5.76 Å². The second-order valence-corrected chi connectivity index (χ2v) is 7.91. The molecule has 0 aromatic heterocycles. The van der Waals surface area contributed by atoms with E-state index in [1.165, 1.54) is 10.8 Å². The number of fused-ring (bicyclic) bond motifs is 1. The monoisotopic (exact) mass is 349 g/mol. The summed E-state index contributed by atoms with van der Waals surface area (Å²) in [5.74, 6) is 0.204. The first-order valence-electron chi connectivity index (χ1n) is 9.37. The molecule has 1 aliphatic rings. The molecule has 26 heavy (non-hydrogen) atoms. The number of carbonyl (C=O) groups excluding carboxylic acids is 1. The highest BCUT2D eigenvalue weighted by atomic mass is 16.3. The summed E-state index contributed by atoms with van der Waals surface area (Å²) in [5.41, 5.74) is 2.11. The van der Waals surface area contributed by atoms with E-state index in [2.05, 4.69) is 31.2 Å². The zero-order valence-corrected chi connectivity index (χ0v) is 15.9. The fourth-order valence-electron chi connectivity index (χ4n) is 3.71. The number of rotatable bonds is 5. The Bertz CT molecular complexity index is 885. The van der Waals surface area contributed by atoms with Gasteiger partial charge in [-0.3, -0.25) is 9.79 Å². The van der Waals surface area contributed by atoms with E-state index in [1.54, 1.807) is 0 Å². The summed E-state index contributed by atoms with van der Waals surface area (Å²) >= 11 is 0. The molecule has 3 heteroatoms. The third-order valence-electron chi connectivity index (χ3n) is 4.91. The molecule has 0 saturated heterocycles. The summed E-state index contributed by atoms with van der Waals surface area (Å²) in [7, 11) is 0. The summed E-state index contributed by atoms with van der Waals surface area (Å²) in [6.45, 7) is 6.77. The molecule has 136 valence electrons. The number of benzene rings is 2. The van der Waals surface area contributed by atoms with E-state index >= 15 is 0 Å². The van der Waals surface area contributed by atoms with Gasteiger partial charge < -0.3 is 5.11 Å². The van der Waals surface area contributed by atoms with Gasteiger partial charge in [0.15, 0.2) is 5.78 Å². The number of hydrogen-bond donors (Lipinski definition) is 1. The summed E-state index contributed by atoms with van der Waals surface area (Å²) in [6.07, 6.45) is 2.45. The Hall–Kier alpha value is -2.42. The fraction of sp³-hybridized carbons (Fsp3) is 0.391.